The summed E-state index contributed by atoms with van der Waals surface area (Å²) in [6, 6.07) is 1.95. The second-order valence-corrected chi connectivity index (χ2v) is 7.22. The summed E-state index contributed by atoms with van der Waals surface area (Å²) in [4.78, 5) is -0.328. The fourth-order valence-electron chi connectivity index (χ4n) is 2.22. The average Bonchev–Trinajstić information content (AvgIpc) is 2.37. The van der Waals surface area contributed by atoms with Gasteiger partial charge in [0, 0.05) is 19.1 Å². The minimum absolute atomic E-state index is 0.139. The number of halogens is 4. The molecule has 1 aliphatic rings. The molecule has 2 rings (SSSR count). The quantitative estimate of drug-likeness (QED) is 0.898. The van der Waals surface area contributed by atoms with Crippen molar-refractivity contribution in [1.82, 2.24) is 4.31 Å². The van der Waals surface area contributed by atoms with Crippen LogP contribution in [-0.2, 0) is 16.2 Å². The van der Waals surface area contributed by atoms with Gasteiger partial charge < -0.3 is 5.73 Å². The molecule has 21 heavy (non-hydrogen) atoms. The van der Waals surface area contributed by atoms with Crippen LogP contribution >= 0.6 is 11.6 Å². The molecule has 0 bridgehead atoms. The average molecular weight is 343 g/mol. The molecular formula is C12H14ClF3N2O2S. The first-order valence-corrected chi connectivity index (χ1v) is 8.06. The molecule has 1 aromatic carbocycles. The third-order valence-electron chi connectivity index (χ3n) is 3.30. The maximum absolute atomic E-state index is 12.6. The fourth-order valence-corrected chi connectivity index (χ4v) is 4.27. The Kier molecular flexibility index (Phi) is 4.53. The topological polar surface area (TPSA) is 63.4 Å². The predicted molar refractivity (Wildman–Crippen MR) is 72.4 cm³/mol. The monoisotopic (exact) mass is 342 g/mol. The van der Waals surface area contributed by atoms with E-state index in [2.05, 4.69) is 0 Å². The third-order valence-corrected chi connectivity index (χ3v) is 5.65. The van der Waals surface area contributed by atoms with Crippen LogP contribution in [0, 0.1) is 0 Å². The Morgan fingerprint density at radius 1 is 1.33 bits per heavy atom. The van der Waals surface area contributed by atoms with Crippen molar-refractivity contribution < 1.29 is 21.6 Å². The van der Waals surface area contributed by atoms with Gasteiger partial charge in [-0.3, -0.25) is 0 Å². The predicted octanol–water partition coefficient (Wildman–Crippen LogP) is 2.47. The van der Waals surface area contributed by atoms with Crippen LogP contribution in [0.1, 0.15) is 18.4 Å². The molecule has 1 aliphatic heterocycles. The second kappa shape index (κ2) is 5.75. The van der Waals surface area contributed by atoms with Gasteiger partial charge in [-0.2, -0.15) is 17.5 Å². The molecule has 118 valence electrons. The minimum atomic E-state index is -4.57. The number of alkyl halides is 3. The van der Waals surface area contributed by atoms with E-state index in [1.165, 1.54) is 0 Å². The number of piperidine rings is 1. The van der Waals surface area contributed by atoms with Gasteiger partial charge in [0.1, 0.15) is 4.90 Å². The molecule has 0 amide bonds. The van der Waals surface area contributed by atoms with Gasteiger partial charge in [-0.05, 0) is 31.0 Å². The number of nitrogens with zero attached hydrogens (tertiary/aromatic N) is 1. The van der Waals surface area contributed by atoms with E-state index in [1.807, 2.05) is 0 Å². The van der Waals surface area contributed by atoms with E-state index in [9.17, 15) is 21.6 Å². The number of hydrogen-bond acceptors (Lipinski definition) is 3. The first kappa shape index (κ1) is 16.5. The van der Waals surface area contributed by atoms with Crippen LogP contribution in [0.2, 0.25) is 5.02 Å². The van der Waals surface area contributed by atoms with Crippen molar-refractivity contribution in [3.05, 3.63) is 28.8 Å². The van der Waals surface area contributed by atoms with Crippen LogP contribution in [0.15, 0.2) is 23.1 Å². The van der Waals surface area contributed by atoms with Crippen LogP contribution in [0.25, 0.3) is 0 Å². The van der Waals surface area contributed by atoms with Gasteiger partial charge in [0.2, 0.25) is 10.0 Å². The lowest BCUT2D eigenvalue weighted by atomic mass is 10.1. The summed E-state index contributed by atoms with van der Waals surface area (Å²) in [5.74, 6) is 0. The van der Waals surface area contributed by atoms with E-state index >= 15 is 0 Å². The van der Waals surface area contributed by atoms with E-state index < -0.39 is 26.8 Å². The highest BCUT2D eigenvalue weighted by Gasteiger charge is 2.34. The number of benzene rings is 1. The third kappa shape index (κ3) is 3.50. The van der Waals surface area contributed by atoms with Crippen LogP contribution in [0.4, 0.5) is 13.2 Å². The van der Waals surface area contributed by atoms with Crippen molar-refractivity contribution in [2.24, 2.45) is 5.73 Å². The summed E-state index contributed by atoms with van der Waals surface area (Å²) in [6.07, 6.45) is -3.25. The number of rotatable bonds is 2. The van der Waals surface area contributed by atoms with E-state index in [4.69, 9.17) is 17.3 Å². The van der Waals surface area contributed by atoms with Gasteiger partial charge >= 0.3 is 6.18 Å². The summed E-state index contributed by atoms with van der Waals surface area (Å²) < 4.78 is 63.7. The van der Waals surface area contributed by atoms with E-state index in [0.29, 0.717) is 25.0 Å². The van der Waals surface area contributed by atoms with Gasteiger partial charge in [-0.25, -0.2) is 8.42 Å². The molecule has 1 aromatic rings. The van der Waals surface area contributed by atoms with Gasteiger partial charge in [0.25, 0.3) is 0 Å². The molecule has 0 aliphatic carbocycles. The Labute approximate surface area is 125 Å². The van der Waals surface area contributed by atoms with Crippen LogP contribution in [-0.4, -0.2) is 31.9 Å². The molecule has 1 fully saturated rings. The molecule has 1 saturated heterocycles. The number of nitrogens with two attached hydrogens (primary N) is 1. The van der Waals surface area contributed by atoms with Gasteiger partial charge in [-0.15, -0.1) is 0 Å². The van der Waals surface area contributed by atoms with Gasteiger partial charge in [0.15, 0.2) is 0 Å². The highest BCUT2D eigenvalue weighted by molar-refractivity contribution is 7.89. The Balaban J connectivity index is 2.37. The zero-order valence-corrected chi connectivity index (χ0v) is 12.5. The molecule has 9 heteroatoms. The van der Waals surface area contributed by atoms with Crippen LogP contribution in [0.3, 0.4) is 0 Å². The van der Waals surface area contributed by atoms with Crippen LogP contribution in [0.5, 0.6) is 0 Å². The molecule has 1 atom stereocenters. The Bertz CT molecular complexity index is 634. The molecule has 0 saturated carbocycles. The van der Waals surface area contributed by atoms with Crippen molar-refractivity contribution in [2.75, 3.05) is 13.1 Å². The largest absolute Gasteiger partial charge is 0.416 e. The first-order valence-electron chi connectivity index (χ1n) is 6.25. The molecule has 0 aromatic heterocycles. The molecule has 0 spiro atoms. The molecule has 1 unspecified atom stereocenters. The second-order valence-electron chi connectivity index (χ2n) is 4.91. The number of hydrogen-bond donors (Lipinski definition) is 1. The van der Waals surface area contributed by atoms with Crippen molar-refractivity contribution in [1.29, 1.82) is 0 Å². The zero-order chi connectivity index (χ0) is 15.8. The molecule has 1 heterocycles. The highest BCUT2D eigenvalue weighted by atomic mass is 35.5. The Morgan fingerprint density at radius 2 is 2.00 bits per heavy atom. The lowest BCUT2D eigenvalue weighted by Gasteiger charge is -2.30. The summed E-state index contributed by atoms with van der Waals surface area (Å²) in [7, 11) is -3.93. The summed E-state index contributed by atoms with van der Waals surface area (Å²) in [6.45, 7) is 0.424. The molecule has 2 N–H and O–H groups in total. The maximum Gasteiger partial charge on any atom is 0.416 e. The smallest absolute Gasteiger partial charge is 0.327 e. The fraction of sp³-hybridized carbons (Fsp3) is 0.500. The van der Waals surface area contributed by atoms with Gasteiger partial charge in [0.05, 0.1) is 10.6 Å². The summed E-state index contributed by atoms with van der Waals surface area (Å²) >= 11 is 5.74. The lowest BCUT2D eigenvalue weighted by Crippen LogP contribution is -2.45. The maximum atomic E-state index is 12.6. The normalized spacial score (nSPS) is 21.5. The number of sulfonamides is 1. The first-order chi connectivity index (χ1) is 9.62. The Morgan fingerprint density at radius 3 is 2.52 bits per heavy atom. The van der Waals surface area contributed by atoms with Crippen molar-refractivity contribution >= 4 is 21.6 Å². The van der Waals surface area contributed by atoms with E-state index in [-0.39, 0.29) is 24.0 Å². The molecular weight excluding hydrogens is 329 g/mol. The summed E-state index contributed by atoms with van der Waals surface area (Å²) in [5.41, 5.74) is 4.75. The molecule has 0 radical (unpaired) electrons. The Hall–Kier alpha value is -0.830. The van der Waals surface area contributed by atoms with Crippen molar-refractivity contribution in [3.63, 3.8) is 0 Å². The molecule has 4 nitrogen and oxygen atoms in total. The minimum Gasteiger partial charge on any atom is -0.327 e. The van der Waals surface area contributed by atoms with Crippen molar-refractivity contribution in [2.45, 2.75) is 30.0 Å². The standard InChI is InChI=1S/C12H14ClF3N2O2S/c13-10-6-8(12(14,15)16)3-4-11(10)21(19,20)18-5-1-2-9(17)7-18/h3-4,6,9H,1-2,5,7,17H2. The van der Waals surface area contributed by atoms with Gasteiger partial charge in [-0.1, -0.05) is 11.6 Å². The van der Waals surface area contributed by atoms with Crippen molar-refractivity contribution in [3.8, 4) is 0 Å². The SMILES string of the molecule is NC1CCCN(S(=O)(=O)c2ccc(C(F)(F)F)cc2Cl)C1. The summed E-state index contributed by atoms with van der Waals surface area (Å²) in [5, 5.41) is -0.441. The lowest BCUT2D eigenvalue weighted by molar-refractivity contribution is -0.137. The van der Waals surface area contributed by atoms with E-state index in [0.717, 1.165) is 10.4 Å². The highest BCUT2D eigenvalue weighted by Crippen LogP contribution is 2.34. The van der Waals surface area contributed by atoms with E-state index in [1.54, 1.807) is 0 Å². The van der Waals surface area contributed by atoms with Crippen LogP contribution < -0.4 is 5.73 Å². The zero-order valence-electron chi connectivity index (χ0n) is 10.9.